The molecule has 0 radical (unpaired) electrons. The summed E-state index contributed by atoms with van der Waals surface area (Å²) in [5.74, 6) is 1.47. The molecule has 21 heavy (non-hydrogen) atoms. The fourth-order valence-electron chi connectivity index (χ4n) is 2.24. The van der Waals surface area contributed by atoms with Gasteiger partial charge in [-0.2, -0.15) is 0 Å². The number of sulfonamides is 1. The third-order valence-corrected chi connectivity index (χ3v) is 4.79. The maximum Gasteiger partial charge on any atom is 0.244 e. The fraction of sp³-hybridized carbons (Fsp3) is 0.357. The molecule has 0 amide bonds. The lowest BCUT2D eigenvalue weighted by molar-refractivity contribution is 0.496. The molecule has 0 spiro atoms. The van der Waals surface area contributed by atoms with Crippen LogP contribution in [0.3, 0.4) is 0 Å². The number of rotatable bonds is 5. The summed E-state index contributed by atoms with van der Waals surface area (Å²) in [4.78, 5) is 4.01. The van der Waals surface area contributed by atoms with Gasteiger partial charge in [-0.05, 0) is 32.9 Å². The second kappa shape index (κ2) is 5.87. The maximum absolute atomic E-state index is 12.5. The number of nitrogens with one attached hydrogen (secondary N) is 2. The third kappa shape index (κ3) is 3.25. The Morgan fingerprint density at radius 2 is 2.05 bits per heavy atom. The molecule has 2 heterocycles. The molecule has 2 rings (SSSR count). The molecule has 0 aliphatic carbocycles. The van der Waals surface area contributed by atoms with Gasteiger partial charge in [-0.15, -0.1) is 0 Å². The van der Waals surface area contributed by atoms with Gasteiger partial charge >= 0.3 is 0 Å². The second-order valence-electron chi connectivity index (χ2n) is 4.83. The predicted molar refractivity (Wildman–Crippen MR) is 80.7 cm³/mol. The summed E-state index contributed by atoms with van der Waals surface area (Å²) in [6, 6.07) is 3.06. The van der Waals surface area contributed by atoms with Crippen LogP contribution < -0.4 is 10.0 Å². The highest BCUT2D eigenvalue weighted by Crippen LogP contribution is 2.25. The first-order valence-electron chi connectivity index (χ1n) is 6.56. The summed E-state index contributed by atoms with van der Waals surface area (Å²) < 4.78 is 33.1. The Kier molecular flexibility index (Phi) is 4.34. The zero-order valence-corrected chi connectivity index (χ0v) is 13.3. The molecule has 0 bridgehead atoms. The lowest BCUT2D eigenvalue weighted by Crippen LogP contribution is -2.27. The van der Waals surface area contributed by atoms with Crippen molar-refractivity contribution in [3.63, 3.8) is 0 Å². The Morgan fingerprint density at radius 3 is 2.62 bits per heavy atom. The summed E-state index contributed by atoms with van der Waals surface area (Å²) in [6.45, 7) is 5.43. The van der Waals surface area contributed by atoms with E-state index in [1.165, 1.54) is 12.4 Å². The van der Waals surface area contributed by atoms with Gasteiger partial charge in [0.25, 0.3) is 0 Å². The van der Waals surface area contributed by atoms with Crippen molar-refractivity contribution in [1.29, 1.82) is 0 Å². The van der Waals surface area contributed by atoms with Gasteiger partial charge in [0.1, 0.15) is 16.4 Å². The quantitative estimate of drug-likeness (QED) is 0.886. The van der Waals surface area contributed by atoms with E-state index in [4.69, 9.17) is 4.42 Å². The predicted octanol–water partition coefficient (Wildman–Crippen LogP) is 2.37. The summed E-state index contributed by atoms with van der Waals surface area (Å²) >= 11 is 0. The van der Waals surface area contributed by atoms with Crippen LogP contribution in [0.15, 0.2) is 33.8 Å². The standard InChI is InChI=1S/C14H19N3O3S/c1-9-7-12(11(3)20-9)10(2)17-21(18,19)14-8-16-6-5-13(14)15-4/h5-8,10,17H,1-4H3,(H,15,16). The molecular weight excluding hydrogens is 290 g/mol. The Morgan fingerprint density at radius 1 is 1.33 bits per heavy atom. The van der Waals surface area contributed by atoms with Gasteiger partial charge in [-0.25, -0.2) is 13.1 Å². The van der Waals surface area contributed by atoms with Crippen molar-refractivity contribution in [2.45, 2.75) is 31.7 Å². The van der Waals surface area contributed by atoms with Crippen LogP contribution in [0.5, 0.6) is 0 Å². The van der Waals surface area contributed by atoms with Crippen molar-refractivity contribution >= 4 is 15.7 Å². The summed E-state index contributed by atoms with van der Waals surface area (Å²) in [5.41, 5.74) is 1.33. The lowest BCUT2D eigenvalue weighted by Gasteiger charge is -2.15. The molecule has 2 aromatic heterocycles. The van der Waals surface area contributed by atoms with Crippen LogP contribution in [-0.2, 0) is 10.0 Å². The summed E-state index contributed by atoms with van der Waals surface area (Å²) in [7, 11) is -2.01. The van der Waals surface area contributed by atoms with E-state index in [1.54, 1.807) is 20.0 Å². The average molecular weight is 309 g/mol. The molecule has 2 aromatic rings. The first-order chi connectivity index (χ1) is 9.85. The van der Waals surface area contributed by atoms with Gasteiger partial charge in [0, 0.05) is 31.0 Å². The highest BCUT2D eigenvalue weighted by molar-refractivity contribution is 7.89. The van der Waals surface area contributed by atoms with Gasteiger partial charge in [0.05, 0.1) is 5.69 Å². The minimum Gasteiger partial charge on any atom is -0.466 e. The van der Waals surface area contributed by atoms with E-state index in [2.05, 4.69) is 15.0 Å². The Hall–Kier alpha value is -1.86. The minimum absolute atomic E-state index is 0.122. The number of pyridine rings is 1. The van der Waals surface area contributed by atoms with E-state index in [0.29, 0.717) is 11.4 Å². The van der Waals surface area contributed by atoms with E-state index in [9.17, 15) is 8.42 Å². The molecule has 0 saturated heterocycles. The Labute approximate surface area is 124 Å². The van der Waals surface area contributed by atoms with Crippen molar-refractivity contribution in [2.75, 3.05) is 12.4 Å². The highest BCUT2D eigenvalue weighted by Gasteiger charge is 2.23. The molecule has 2 N–H and O–H groups in total. The largest absolute Gasteiger partial charge is 0.466 e. The van der Waals surface area contributed by atoms with Gasteiger partial charge in [0.2, 0.25) is 10.0 Å². The van der Waals surface area contributed by atoms with Gasteiger partial charge in [0.15, 0.2) is 0 Å². The van der Waals surface area contributed by atoms with Crippen molar-refractivity contribution in [1.82, 2.24) is 9.71 Å². The van der Waals surface area contributed by atoms with E-state index < -0.39 is 16.1 Å². The van der Waals surface area contributed by atoms with Gasteiger partial charge in [-0.3, -0.25) is 4.98 Å². The van der Waals surface area contributed by atoms with Crippen LogP contribution in [0.4, 0.5) is 5.69 Å². The molecule has 0 aromatic carbocycles. The van der Waals surface area contributed by atoms with Gasteiger partial charge in [-0.1, -0.05) is 0 Å². The normalized spacial score (nSPS) is 13.1. The average Bonchev–Trinajstić information content (AvgIpc) is 2.77. The molecule has 114 valence electrons. The molecule has 0 saturated carbocycles. The molecule has 0 aliphatic rings. The van der Waals surface area contributed by atoms with Crippen LogP contribution >= 0.6 is 0 Å². The van der Waals surface area contributed by atoms with E-state index in [0.717, 1.165) is 11.3 Å². The fourth-order valence-corrected chi connectivity index (χ4v) is 3.62. The maximum atomic E-state index is 12.5. The van der Waals surface area contributed by atoms with E-state index in [1.807, 2.05) is 19.9 Å². The lowest BCUT2D eigenvalue weighted by atomic mass is 10.1. The molecular formula is C14H19N3O3S. The number of nitrogens with zero attached hydrogens (tertiary/aromatic N) is 1. The molecule has 6 nitrogen and oxygen atoms in total. The SMILES string of the molecule is CNc1ccncc1S(=O)(=O)NC(C)c1cc(C)oc1C. The van der Waals surface area contributed by atoms with Crippen molar-refractivity contribution in [3.05, 3.63) is 41.6 Å². The Bertz CT molecular complexity index is 738. The smallest absolute Gasteiger partial charge is 0.244 e. The van der Waals surface area contributed by atoms with Crippen LogP contribution in [-0.4, -0.2) is 20.4 Å². The number of aromatic nitrogens is 1. The third-order valence-electron chi connectivity index (χ3n) is 3.22. The number of aryl methyl sites for hydroxylation is 2. The van der Waals surface area contributed by atoms with Crippen LogP contribution in [0.25, 0.3) is 0 Å². The highest BCUT2D eigenvalue weighted by atomic mass is 32.2. The summed E-state index contributed by atoms with van der Waals surface area (Å²) in [5, 5.41) is 2.85. The molecule has 0 fully saturated rings. The van der Waals surface area contributed by atoms with Crippen molar-refractivity contribution < 1.29 is 12.8 Å². The second-order valence-corrected chi connectivity index (χ2v) is 6.52. The van der Waals surface area contributed by atoms with E-state index in [-0.39, 0.29) is 4.90 Å². The topological polar surface area (TPSA) is 84.2 Å². The van der Waals surface area contributed by atoms with Crippen LogP contribution in [0, 0.1) is 13.8 Å². The number of hydrogen-bond donors (Lipinski definition) is 2. The number of furan rings is 1. The zero-order chi connectivity index (χ0) is 15.6. The van der Waals surface area contributed by atoms with Crippen molar-refractivity contribution in [2.24, 2.45) is 0 Å². The molecule has 0 aliphatic heterocycles. The first kappa shape index (κ1) is 15.5. The van der Waals surface area contributed by atoms with E-state index >= 15 is 0 Å². The number of anilines is 1. The Balaban J connectivity index is 2.31. The zero-order valence-electron chi connectivity index (χ0n) is 12.5. The molecule has 1 unspecified atom stereocenters. The molecule has 7 heteroatoms. The van der Waals surface area contributed by atoms with Gasteiger partial charge < -0.3 is 9.73 Å². The summed E-state index contributed by atoms with van der Waals surface area (Å²) in [6.07, 6.45) is 2.87. The minimum atomic E-state index is -3.67. The first-order valence-corrected chi connectivity index (χ1v) is 8.04. The monoisotopic (exact) mass is 309 g/mol. The number of hydrogen-bond acceptors (Lipinski definition) is 5. The van der Waals surface area contributed by atoms with Crippen molar-refractivity contribution in [3.8, 4) is 0 Å². The van der Waals surface area contributed by atoms with Crippen LogP contribution in [0.1, 0.15) is 30.0 Å². The van der Waals surface area contributed by atoms with Crippen LogP contribution in [0.2, 0.25) is 0 Å². The molecule has 1 atom stereocenters.